The maximum absolute atomic E-state index is 13.5. The summed E-state index contributed by atoms with van der Waals surface area (Å²) >= 11 is 0. The number of hydrogen-bond acceptors (Lipinski definition) is 3. The van der Waals surface area contributed by atoms with Gasteiger partial charge in [0.15, 0.2) is 0 Å². The van der Waals surface area contributed by atoms with Gasteiger partial charge in [0.2, 0.25) is 0 Å². The summed E-state index contributed by atoms with van der Waals surface area (Å²) < 4.78 is 19.6. The first kappa shape index (κ1) is 9.64. The van der Waals surface area contributed by atoms with Crippen LogP contribution in [0.4, 0.5) is 4.39 Å². The number of benzene rings is 1. The predicted octanol–water partition coefficient (Wildman–Crippen LogP) is 1.50. The van der Waals surface area contributed by atoms with Gasteiger partial charge in [-0.3, -0.25) is 0 Å². The van der Waals surface area contributed by atoms with E-state index in [-0.39, 0.29) is 5.56 Å². The number of fused-ring (bicyclic) bond motifs is 1. The molecule has 0 spiro atoms. The molecule has 0 atom stereocenters. The van der Waals surface area contributed by atoms with Gasteiger partial charge in [-0.25, -0.2) is 14.2 Å². The highest BCUT2D eigenvalue weighted by molar-refractivity contribution is 5.93. The molecule has 0 amide bonds. The Morgan fingerprint density at radius 1 is 1.53 bits per heavy atom. The number of carbonyl (C=O) groups excluding carboxylic acids is 1. The zero-order chi connectivity index (χ0) is 11.0. The van der Waals surface area contributed by atoms with Gasteiger partial charge in [0.05, 0.1) is 30.0 Å². The van der Waals surface area contributed by atoms with Gasteiger partial charge in [0.25, 0.3) is 0 Å². The van der Waals surface area contributed by atoms with E-state index in [1.165, 1.54) is 19.2 Å². The molecule has 15 heavy (non-hydrogen) atoms. The second-order valence-corrected chi connectivity index (χ2v) is 3.17. The van der Waals surface area contributed by atoms with Gasteiger partial charge in [-0.15, -0.1) is 0 Å². The van der Waals surface area contributed by atoms with Crippen molar-refractivity contribution in [3.63, 3.8) is 0 Å². The molecule has 0 aliphatic carbocycles. The smallest absolute Gasteiger partial charge is 0.340 e. The van der Waals surface area contributed by atoms with E-state index in [1.807, 2.05) is 0 Å². The topological polar surface area (TPSA) is 44.1 Å². The first-order valence-electron chi connectivity index (χ1n) is 4.32. The highest BCUT2D eigenvalue weighted by atomic mass is 19.1. The summed E-state index contributed by atoms with van der Waals surface area (Å²) in [5.74, 6) is -1.29. The van der Waals surface area contributed by atoms with Crippen molar-refractivity contribution in [1.29, 1.82) is 0 Å². The van der Waals surface area contributed by atoms with Crippen LogP contribution in [0.5, 0.6) is 0 Å². The minimum absolute atomic E-state index is 0.0938. The van der Waals surface area contributed by atoms with Crippen molar-refractivity contribution >= 4 is 17.0 Å². The van der Waals surface area contributed by atoms with Crippen molar-refractivity contribution in [3.05, 3.63) is 29.8 Å². The highest BCUT2D eigenvalue weighted by Crippen LogP contribution is 2.18. The Kier molecular flexibility index (Phi) is 2.15. The fourth-order valence-corrected chi connectivity index (χ4v) is 1.41. The van der Waals surface area contributed by atoms with E-state index in [0.717, 1.165) is 0 Å². The fourth-order valence-electron chi connectivity index (χ4n) is 1.41. The van der Waals surface area contributed by atoms with Gasteiger partial charge in [0.1, 0.15) is 5.82 Å². The maximum Gasteiger partial charge on any atom is 0.340 e. The molecule has 2 aromatic rings. The van der Waals surface area contributed by atoms with Crippen LogP contribution >= 0.6 is 0 Å². The van der Waals surface area contributed by atoms with Crippen molar-refractivity contribution in [3.8, 4) is 0 Å². The van der Waals surface area contributed by atoms with Crippen LogP contribution < -0.4 is 0 Å². The van der Waals surface area contributed by atoms with Crippen LogP contribution in [0.1, 0.15) is 10.4 Å². The van der Waals surface area contributed by atoms with E-state index in [1.54, 1.807) is 17.9 Å². The van der Waals surface area contributed by atoms with Crippen LogP contribution in [0.15, 0.2) is 18.5 Å². The first-order chi connectivity index (χ1) is 7.13. The van der Waals surface area contributed by atoms with Crippen LogP contribution in [0, 0.1) is 5.82 Å². The second kappa shape index (κ2) is 3.34. The number of ether oxygens (including phenoxy) is 1. The lowest BCUT2D eigenvalue weighted by Crippen LogP contribution is -2.04. The van der Waals surface area contributed by atoms with Crippen LogP contribution in [0.25, 0.3) is 11.0 Å². The van der Waals surface area contributed by atoms with Gasteiger partial charge in [-0.1, -0.05) is 0 Å². The number of methoxy groups -OCH3 is 1. The summed E-state index contributed by atoms with van der Waals surface area (Å²) in [4.78, 5) is 15.2. The number of nitrogens with zero attached hydrogens (tertiary/aromatic N) is 2. The van der Waals surface area contributed by atoms with Gasteiger partial charge in [-0.05, 0) is 6.07 Å². The number of hydrogen-bond donors (Lipinski definition) is 0. The molecule has 0 unspecified atom stereocenters. The average Bonchev–Trinajstić information content (AvgIpc) is 2.58. The van der Waals surface area contributed by atoms with Crippen molar-refractivity contribution in [2.75, 3.05) is 7.11 Å². The number of esters is 1. The summed E-state index contributed by atoms with van der Waals surface area (Å²) in [5, 5.41) is 0. The molecule has 1 aromatic carbocycles. The van der Waals surface area contributed by atoms with E-state index in [2.05, 4.69) is 9.72 Å². The molecule has 0 fully saturated rings. The monoisotopic (exact) mass is 208 g/mol. The van der Waals surface area contributed by atoms with Gasteiger partial charge < -0.3 is 9.30 Å². The lowest BCUT2D eigenvalue weighted by molar-refractivity contribution is 0.0595. The Balaban J connectivity index is 2.68. The third kappa shape index (κ3) is 1.45. The molecule has 0 aliphatic heterocycles. The zero-order valence-corrected chi connectivity index (χ0v) is 8.32. The maximum atomic E-state index is 13.5. The molecule has 1 heterocycles. The van der Waals surface area contributed by atoms with E-state index in [0.29, 0.717) is 11.0 Å². The molecular formula is C10H9FN2O2. The Morgan fingerprint density at radius 2 is 2.27 bits per heavy atom. The Bertz CT molecular complexity index is 533. The number of imidazole rings is 1. The van der Waals surface area contributed by atoms with Crippen molar-refractivity contribution in [1.82, 2.24) is 9.55 Å². The molecule has 0 radical (unpaired) electrons. The third-order valence-electron chi connectivity index (χ3n) is 2.22. The largest absolute Gasteiger partial charge is 0.465 e. The molecule has 4 nitrogen and oxygen atoms in total. The molecule has 0 aliphatic rings. The number of rotatable bonds is 1. The quantitative estimate of drug-likeness (QED) is 0.667. The van der Waals surface area contributed by atoms with Gasteiger partial charge in [-0.2, -0.15) is 0 Å². The van der Waals surface area contributed by atoms with Crippen molar-refractivity contribution in [2.24, 2.45) is 7.05 Å². The standard InChI is InChI=1S/C10H9FN2O2/c1-13-5-12-8-3-6(10(14)15-2)7(11)4-9(8)13/h3-5H,1-2H3. The van der Waals surface area contributed by atoms with E-state index in [9.17, 15) is 9.18 Å². The molecule has 1 aromatic heterocycles. The Hall–Kier alpha value is -1.91. The molecule has 0 N–H and O–H groups in total. The normalized spacial score (nSPS) is 10.6. The number of aryl methyl sites for hydroxylation is 1. The summed E-state index contributed by atoms with van der Waals surface area (Å²) in [6.45, 7) is 0. The van der Waals surface area contributed by atoms with Gasteiger partial charge in [0, 0.05) is 13.1 Å². The van der Waals surface area contributed by atoms with Crippen LogP contribution in [-0.2, 0) is 11.8 Å². The fraction of sp³-hybridized carbons (Fsp3) is 0.200. The average molecular weight is 208 g/mol. The Morgan fingerprint density at radius 3 is 2.93 bits per heavy atom. The van der Waals surface area contributed by atoms with E-state index >= 15 is 0 Å². The molecular weight excluding hydrogens is 199 g/mol. The minimum atomic E-state index is -0.694. The molecule has 0 saturated carbocycles. The van der Waals surface area contributed by atoms with Gasteiger partial charge >= 0.3 is 5.97 Å². The lowest BCUT2D eigenvalue weighted by atomic mass is 10.2. The summed E-state index contributed by atoms with van der Waals surface area (Å²) in [7, 11) is 2.97. The summed E-state index contributed by atoms with van der Waals surface area (Å²) in [6, 6.07) is 2.66. The molecule has 0 saturated heterocycles. The second-order valence-electron chi connectivity index (χ2n) is 3.17. The molecule has 5 heteroatoms. The van der Waals surface area contributed by atoms with E-state index < -0.39 is 11.8 Å². The Labute approximate surface area is 85.3 Å². The summed E-state index contributed by atoms with van der Waals surface area (Å²) in [6.07, 6.45) is 1.56. The third-order valence-corrected chi connectivity index (χ3v) is 2.22. The van der Waals surface area contributed by atoms with Crippen LogP contribution in [-0.4, -0.2) is 22.6 Å². The SMILES string of the molecule is COC(=O)c1cc2ncn(C)c2cc1F. The lowest BCUT2D eigenvalue weighted by Gasteiger charge is -2.01. The number of carbonyl (C=O) groups is 1. The first-order valence-corrected chi connectivity index (χ1v) is 4.32. The minimum Gasteiger partial charge on any atom is -0.465 e. The van der Waals surface area contributed by atoms with Crippen LogP contribution in [0.3, 0.4) is 0 Å². The van der Waals surface area contributed by atoms with Crippen molar-refractivity contribution in [2.45, 2.75) is 0 Å². The summed E-state index contributed by atoms with van der Waals surface area (Å²) in [5.41, 5.74) is 1.11. The molecule has 2 rings (SSSR count). The highest BCUT2D eigenvalue weighted by Gasteiger charge is 2.14. The molecule has 78 valence electrons. The zero-order valence-electron chi connectivity index (χ0n) is 8.32. The van der Waals surface area contributed by atoms with Crippen LogP contribution in [0.2, 0.25) is 0 Å². The van der Waals surface area contributed by atoms with E-state index in [4.69, 9.17) is 0 Å². The van der Waals surface area contributed by atoms with Crippen molar-refractivity contribution < 1.29 is 13.9 Å². The molecule has 0 bridgehead atoms. The number of aromatic nitrogens is 2. The predicted molar refractivity (Wildman–Crippen MR) is 52.0 cm³/mol. The number of halogens is 1.